The first kappa shape index (κ1) is 32.1. The van der Waals surface area contributed by atoms with Crippen LogP contribution in [0.4, 0.5) is 0 Å². The van der Waals surface area contributed by atoms with Gasteiger partial charge in [-0.3, -0.25) is 0 Å². The third kappa shape index (κ3) is 11.7. The van der Waals surface area contributed by atoms with Crippen molar-refractivity contribution in [3.63, 3.8) is 0 Å². The van der Waals surface area contributed by atoms with Gasteiger partial charge in [-0.2, -0.15) is 0 Å². The molecule has 3 nitrogen and oxygen atoms in total. The summed E-state index contributed by atoms with van der Waals surface area (Å²) < 4.78 is 5.61. The van der Waals surface area contributed by atoms with Gasteiger partial charge in [-0.25, -0.2) is 0 Å². The molecule has 3 aromatic rings. The van der Waals surface area contributed by atoms with E-state index in [1.54, 1.807) is 11.8 Å². The third-order valence-electron chi connectivity index (χ3n) is 5.13. The van der Waals surface area contributed by atoms with Crippen LogP contribution in [0.2, 0.25) is 0 Å². The standard InChI is InChI=1S/C29H30O2S.C3H8.CH5N/c1-4-5-10-24-11-9-12-25(19-24)20-28(26-13-7-6-8-14-26)23(3)32-29-21-27(31-18-17-30)16-15-22(29)2;1-3-2;1-2/h6-9,11-16,19,21,28,30H,3-4,17-18,20H2,1-2H3;3H2,1-2H3;2H2,1H3. The summed E-state index contributed by atoms with van der Waals surface area (Å²) in [6.07, 6.45) is 2.96. The molecule has 37 heavy (non-hydrogen) atoms. The minimum Gasteiger partial charge on any atom is -0.491 e. The monoisotopic (exact) mass is 517 g/mol. The van der Waals surface area contributed by atoms with E-state index in [4.69, 9.17) is 9.84 Å². The Morgan fingerprint density at radius 2 is 1.70 bits per heavy atom. The molecule has 0 saturated carbocycles. The number of aryl methyl sites for hydroxylation is 1. The molecule has 0 spiro atoms. The molecule has 3 rings (SSSR count). The van der Waals surface area contributed by atoms with E-state index in [-0.39, 0.29) is 19.1 Å². The number of ether oxygens (including phenoxy) is 1. The maximum atomic E-state index is 9.05. The molecule has 3 aromatic carbocycles. The van der Waals surface area contributed by atoms with Crippen LogP contribution in [0.25, 0.3) is 0 Å². The zero-order valence-electron chi connectivity index (χ0n) is 23.1. The van der Waals surface area contributed by atoms with E-state index in [2.05, 4.69) is 106 Å². The number of rotatable bonds is 9. The molecule has 0 radical (unpaired) electrons. The highest BCUT2D eigenvalue weighted by molar-refractivity contribution is 8.03. The molecule has 0 bridgehead atoms. The molecule has 0 aliphatic carbocycles. The lowest BCUT2D eigenvalue weighted by molar-refractivity contribution is 0.201. The first-order valence-electron chi connectivity index (χ1n) is 12.9. The van der Waals surface area contributed by atoms with Crippen molar-refractivity contribution < 1.29 is 9.84 Å². The van der Waals surface area contributed by atoms with Crippen LogP contribution in [0.1, 0.15) is 61.8 Å². The van der Waals surface area contributed by atoms with Crippen LogP contribution in [0, 0.1) is 18.8 Å². The zero-order chi connectivity index (χ0) is 27.5. The lowest BCUT2D eigenvalue weighted by Crippen LogP contribution is -2.05. The Morgan fingerprint density at radius 3 is 2.35 bits per heavy atom. The summed E-state index contributed by atoms with van der Waals surface area (Å²) >= 11 is 1.69. The van der Waals surface area contributed by atoms with E-state index in [0.717, 1.165) is 34.0 Å². The van der Waals surface area contributed by atoms with Crippen molar-refractivity contribution in [2.75, 3.05) is 20.3 Å². The summed E-state index contributed by atoms with van der Waals surface area (Å²) in [5.74, 6) is 7.32. The summed E-state index contributed by atoms with van der Waals surface area (Å²) in [4.78, 5) is 2.21. The number of hydrogen-bond donors (Lipinski definition) is 2. The van der Waals surface area contributed by atoms with Crippen molar-refractivity contribution in [3.8, 4) is 17.6 Å². The SMILES string of the molecule is C=C(Sc1cc(OCCO)ccc1C)C(Cc1cccc(C#CCC)c1)c1ccccc1.CCC.CN. The Labute approximate surface area is 229 Å². The van der Waals surface area contributed by atoms with E-state index < -0.39 is 0 Å². The Balaban J connectivity index is 0.00000127. The second-order valence-electron chi connectivity index (χ2n) is 8.30. The number of thioether (sulfide) groups is 1. The summed E-state index contributed by atoms with van der Waals surface area (Å²) in [5.41, 5.74) is 9.23. The zero-order valence-corrected chi connectivity index (χ0v) is 23.9. The second kappa shape index (κ2) is 19.2. The predicted octanol–water partition coefficient (Wildman–Crippen LogP) is 7.75. The topological polar surface area (TPSA) is 55.5 Å². The molecule has 0 heterocycles. The molecule has 0 aromatic heterocycles. The van der Waals surface area contributed by atoms with Crippen molar-refractivity contribution >= 4 is 11.8 Å². The smallest absolute Gasteiger partial charge is 0.120 e. The molecule has 1 unspecified atom stereocenters. The fourth-order valence-electron chi connectivity index (χ4n) is 3.46. The van der Waals surface area contributed by atoms with Gasteiger partial charge in [0, 0.05) is 22.8 Å². The molecule has 0 amide bonds. The number of aliphatic hydroxyl groups excluding tert-OH is 1. The Kier molecular flexibility index (Phi) is 16.6. The van der Waals surface area contributed by atoms with Crippen LogP contribution in [-0.4, -0.2) is 25.4 Å². The van der Waals surface area contributed by atoms with Crippen LogP contribution in [-0.2, 0) is 6.42 Å². The normalized spacial score (nSPS) is 10.5. The van der Waals surface area contributed by atoms with Crippen molar-refractivity contribution in [2.45, 2.75) is 57.8 Å². The van der Waals surface area contributed by atoms with Gasteiger partial charge >= 0.3 is 0 Å². The summed E-state index contributed by atoms with van der Waals surface area (Å²) in [7, 11) is 1.50. The predicted molar refractivity (Wildman–Crippen MR) is 161 cm³/mol. The van der Waals surface area contributed by atoms with Gasteiger partial charge < -0.3 is 15.6 Å². The Bertz CT molecular complexity index is 1120. The van der Waals surface area contributed by atoms with Gasteiger partial charge in [-0.1, -0.05) is 106 Å². The van der Waals surface area contributed by atoms with E-state index in [9.17, 15) is 0 Å². The molecule has 0 fully saturated rings. The van der Waals surface area contributed by atoms with E-state index in [1.807, 2.05) is 18.2 Å². The van der Waals surface area contributed by atoms with Gasteiger partial charge in [-0.05, 0) is 66.3 Å². The number of allylic oxidation sites excluding steroid dienone is 1. The van der Waals surface area contributed by atoms with Crippen LogP contribution in [0.5, 0.6) is 5.75 Å². The van der Waals surface area contributed by atoms with Gasteiger partial charge in [0.05, 0.1) is 6.61 Å². The van der Waals surface area contributed by atoms with E-state index in [0.29, 0.717) is 0 Å². The van der Waals surface area contributed by atoms with Crippen LogP contribution >= 0.6 is 11.8 Å². The van der Waals surface area contributed by atoms with E-state index >= 15 is 0 Å². The summed E-state index contributed by atoms with van der Waals surface area (Å²) in [5, 5.41) is 9.05. The first-order chi connectivity index (χ1) is 18.0. The quantitative estimate of drug-likeness (QED) is 0.225. The van der Waals surface area contributed by atoms with Crippen molar-refractivity contribution in [1.82, 2.24) is 0 Å². The summed E-state index contributed by atoms with van der Waals surface area (Å²) in [6, 6.07) is 25.1. The molecule has 4 heteroatoms. The number of benzene rings is 3. The first-order valence-corrected chi connectivity index (χ1v) is 13.7. The van der Waals surface area contributed by atoms with Gasteiger partial charge in [0.2, 0.25) is 0 Å². The average Bonchev–Trinajstić information content (AvgIpc) is 2.93. The minimum absolute atomic E-state index is 0.000833. The molecule has 198 valence electrons. The molecule has 3 N–H and O–H groups in total. The van der Waals surface area contributed by atoms with Gasteiger partial charge in [0.25, 0.3) is 0 Å². The molecule has 0 saturated heterocycles. The highest BCUT2D eigenvalue weighted by Crippen LogP contribution is 2.40. The number of nitrogens with two attached hydrogens (primary N) is 1. The maximum absolute atomic E-state index is 9.05. The van der Waals surface area contributed by atoms with Crippen LogP contribution in [0.3, 0.4) is 0 Å². The van der Waals surface area contributed by atoms with Gasteiger partial charge in [0.15, 0.2) is 0 Å². The molecule has 0 aliphatic rings. The number of aliphatic hydroxyl groups is 1. The van der Waals surface area contributed by atoms with Crippen molar-refractivity contribution in [1.29, 1.82) is 0 Å². The number of hydrogen-bond acceptors (Lipinski definition) is 4. The van der Waals surface area contributed by atoms with Gasteiger partial charge in [-0.15, -0.1) is 0 Å². The lowest BCUT2D eigenvalue weighted by Gasteiger charge is -2.21. The minimum atomic E-state index is 0.000833. The van der Waals surface area contributed by atoms with Crippen molar-refractivity contribution in [2.24, 2.45) is 5.73 Å². The highest BCUT2D eigenvalue weighted by atomic mass is 32.2. The largest absolute Gasteiger partial charge is 0.491 e. The highest BCUT2D eigenvalue weighted by Gasteiger charge is 2.18. The molecular weight excluding hydrogens is 474 g/mol. The van der Waals surface area contributed by atoms with Crippen molar-refractivity contribution in [3.05, 3.63) is 107 Å². The molecule has 1 atom stereocenters. The fourth-order valence-corrected chi connectivity index (χ4v) is 4.51. The average molecular weight is 518 g/mol. The third-order valence-corrected chi connectivity index (χ3v) is 6.33. The Morgan fingerprint density at radius 1 is 1.00 bits per heavy atom. The van der Waals surface area contributed by atoms with E-state index in [1.165, 1.54) is 30.2 Å². The maximum Gasteiger partial charge on any atom is 0.120 e. The summed E-state index contributed by atoms with van der Waals surface area (Å²) in [6.45, 7) is 13.2. The van der Waals surface area contributed by atoms with Crippen LogP contribution in [0.15, 0.2) is 89.2 Å². The lowest BCUT2D eigenvalue weighted by atomic mass is 9.91. The molecular formula is C33H43NO2S. The fraction of sp³-hybridized carbons (Fsp3) is 0.333. The Hall–Kier alpha value is -2.97. The van der Waals surface area contributed by atoms with Gasteiger partial charge in [0.1, 0.15) is 12.4 Å². The second-order valence-corrected chi connectivity index (χ2v) is 9.47. The molecule has 0 aliphatic heterocycles. The van der Waals surface area contributed by atoms with Crippen LogP contribution < -0.4 is 10.5 Å².